The van der Waals surface area contributed by atoms with E-state index in [4.69, 9.17) is 0 Å². The Kier molecular flexibility index (Phi) is 5.40. The van der Waals surface area contributed by atoms with Crippen LogP contribution in [0.2, 0.25) is 0 Å². The van der Waals surface area contributed by atoms with Crippen molar-refractivity contribution in [1.82, 2.24) is 5.32 Å². The molecule has 0 bridgehead atoms. The van der Waals surface area contributed by atoms with Gasteiger partial charge in [-0.25, -0.2) is 0 Å². The molecule has 1 aliphatic rings. The maximum Gasteiger partial charge on any atom is 0.220 e. The third-order valence-electron chi connectivity index (χ3n) is 3.77. The minimum atomic E-state index is -0.161. The highest BCUT2D eigenvalue weighted by molar-refractivity contribution is 5.76. The number of carbonyl (C=O) groups excluding carboxylic acids is 1. The van der Waals surface area contributed by atoms with E-state index in [-0.39, 0.29) is 18.1 Å². The van der Waals surface area contributed by atoms with Crippen LogP contribution in [0.3, 0.4) is 0 Å². The molecule has 1 aliphatic carbocycles. The van der Waals surface area contributed by atoms with Crippen LogP contribution in [0.5, 0.6) is 0 Å². The van der Waals surface area contributed by atoms with Crippen molar-refractivity contribution in [3.05, 3.63) is 35.9 Å². The van der Waals surface area contributed by atoms with Crippen LogP contribution in [0.25, 0.3) is 0 Å². The Morgan fingerprint density at radius 3 is 2.53 bits per heavy atom. The molecule has 0 aliphatic heterocycles. The van der Waals surface area contributed by atoms with Gasteiger partial charge in [0.05, 0.1) is 6.10 Å². The summed E-state index contributed by atoms with van der Waals surface area (Å²) in [6.07, 6.45) is 5.73. The lowest BCUT2D eigenvalue weighted by Crippen LogP contribution is -2.38. The van der Waals surface area contributed by atoms with Crippen LogP contribution in [0, 0.1) is 0 Å². The van der Waals surface area contributed by atoms with E-state index in [9.17, 15) is 9.90 Å². The molecular weight excluding hydrogens is 238 g/mol. The molecule has 3 heteroatoms. The van der Waals surface area contributed by atoms with Gasteiger partial charge in [0.25, 0.3) is 0 Å². The second kappa shape index (κ2) is 7.29. The van der Waals surface area contributed by atoms with Gasteiger partial charge in [0, 0.05) is 12.5 Å². The Morgan fingerprint density at radius 2 is 1.84 bits per heavy atom. The molecule has 1 aromatic carbocycles. The smallest absolute Gasteiger partial charge is 0.220 e. The van der Waals surface area contributed by atoms with Gasteiger partial charge in [-0.2, -0.15) is 0 Å². The molecule has 1 aromatic rings. The summed E-state index contributed by atoms with van der Waals surface area (Å²) in [7, 11) is 0. The van der Waals surface area contributed by atoms with Crippen LogP contribution in [-0.4, -0.2) is 23.2 Å². The minimum Gasteiger partial charge on any atom is -0.393 e. The van der Waals surface area contributed by atoms with Gasteiger partial charge in [0.1, 0.15) is 0 Å². The fourth-order valence-corrected chi connectivity index (χ4v) is 2.62. The Balaban J connectivity index is 1.62. The molecule has 2 rings (SSSR count). The van der Waals surface area contributed by atoms with E-state index >= 15 is 0 Å². The summed E-state index contributed by atoms with van der Waals surface area (Å²) in [6.45, 7) is 0. The molecule has 19 heavy (non-hydrogen) atoms. The van der Waals surface area contributed by atoms with Gasteiger partial charge in [-0.1, -0.05) is 30.3 Å². The van der Waals surface area contributed by atoms with Crippen molar-refractivity contribution < 1.29 is 9.90 Å². The minimum absolute atomic E-state index is 0.150. The summed E-state index contributed by atoms with van der Waals surface area (Å²) in [5.41, 5.74) is 1.29. The summed E-state index contributed by atoms with van der Waals surface area (Å²) in [4.78, 5) is 11.8. The Bertz CT molecular complexity index is 383. The topological polar surface area (TPSA) is 49.3 Å². The highest BCUT2D eigenvalue weighted by Crippen LogP contribution is 2.18. The van der Waals surface area contributed by atoms with Gasteiger partial charge in [-0.15, -0.1) is 0 Å². The summed E-state index contributed by atoms with van der Waals surface area (Å²) in [6, 6.07) is 10.5. The maximum absolute atomic E-state index is 11.8. The molecule has 0 unspecified atom stereocenters. The molecule has 0 aromatic heterocycles. The maximum atomic E-state index is 11.8. The molecular formula is C16H23NO2. The van der Waals surface area contributed by atoms with Gasteiger partial charge in [-0.3, -0.25) is 4.79 Å². The van der Waals surface area contributed by atoms with Crippen molar-refractivity contribution in [1.29, 1.82) is 0 Å². The Morgan fingerprint density at radius 1 is 1.16 bits per heavy atom. The first-order valence-corrected chi connectivity index (χ1v) is 7.25. The third-order valence-corrected chi connectivity index (χ3v) is 3.77. The first-order chi connectivity index (χ1) is 9.24. The summed E-state index contributed by atoms with van der Waals surface area (Å²) in [5.74, 6) is 0.150. The number of aliphatic hydroxyl groups is 1. The van der Waals surface area contributed by atoms with E-state index in [0.717, 1.165) is 38.5 Å². The lowest BCUT2D eigenvalue weighted by molar-refractivity contribution is -0.122. The normalized spacial score (nSPS) is 23.0. The zero-order valence-electron chi connectivity index (χ0n) is 11.3. The summed E-state index contributed by atoms with van der Waals surface area (Å²) in [5, 5.41) is 12.5. The van der Waals surface area contributed by atoms with Crippen molar-refractivity contribution in [3.8, 4) is 0 Å². The van der Waals surface area contributed by atoms with Crippen molar-refractivity contribution in [2.75, 3.05) is 0 Å². The number of aryl methyl sites for hydroxylation is 1. The van der Waals surface area contributed by atoms with Crippen LogP contribution >= 0.6 is 0 Å². The van der Waals surface area contributed by atoms with E-state index in [1.807, 2.05) is 18.2 Å². The number of aliphatic hydroxyl groups excluding tert-OH is 1. The molecule has 1 saturated carbocycles. The second-order valence-corrected chi connectivity index (χ2v) is 5.41. The predicted molar refractivity (Wildman–Crippen MR) is 75.8 cm³/mol. The number of benzene rings is 1. The van der Waals surface area contributed by atoms with Crippen molar-refractivity contribution in [2.45, 2.75) is 57.1 Å². The molecule has 0 spiro atoms. The number of carbonyl (C=O) groups is 1. The average Bonchev–Trinajstić information content (AvgIpc) is 2.43. The first kappa shape index (κ1) is 14.1. The quantitative estimate of drug-likeness (QED) is 0.855. The molecule has 2 N–H and O–H groups in total. The average molecular weight is 261 g/mol. The molecule has 0 radical (unpaired) electrons. The molecule has 0 saturated heterocycles. The largest absolute Gasteiger partial charge is 0.393 e. The van der Waals surface area contributed by atoms with E-state index in [1.165, 1.54) is 5.56 Å². The zero-order valence-corrected chi connectivity index (χ0v) is 11.3. The Hall–Kier alpha value is -1.35. The highest BCUT2D eigenvalue weighted by atomic mass is 16.3. The van der Waals surface area contributed by atoms with Crippen LogP contribution in [-0.2, 0) is 11.2 Å². The van der Waals surface area contributed by atoms with E-state index < -0.39 is 0 Å². The predicted octanol–water partition coefficient (Wildman–Crippen LogP) is 2.43. The van der Waals surface area contributed by atoms with Crippen molar-refractivity contribution in [2.24, 2.45) is 0 Å². The van der Waals surface area contributed by atoms with Crippen molar-refractivity contribution in [3.63, 3.8) is 0 Å². The zero-order chi connectivity index (χ0) is 13.5. The van der Waals surface area contributed by atoms with Crippen LogP contribution in [0.15, 0.2) is 30.3 Å². The summed E-state index contributed by atoms with van der Waals surface area (Å²) < 4.78 is 0. The van der Waals surface area contributed by atoms with Crippen LogP contribution < -0.4 is 5.32 Å². The highest BCUT2D eigenvalue weighted by Gasteiger charge is 2.20. The van der Waals surface area contributed by atoms with Crippen molar-refractivity contribution >= 4 is 5.91 Å². The number of rotatable bonds is 5. The fourth-order valence-electron chi connectivity index (χ4n) is 2.62. The monoisotopic (exact) mass is 261 g/mol. The molecule has 0 atom stereocenters. The molecule has 104 valence electrons. The van der Waals surface area contributed by atoms with Gasteiger partial charge in [0.15, 0.2) is 0 Å². The fraction of sp³-hybridized carbons (Fsp3) is 0.562. The van der Waals surface area contributed by atoms with Gasteiger partial charge in [0.2, 0.25) is 5.91 Å². The lowest BCUT2D eigenvalue weighted by atomic mass is 9.93. The number of amides is 1. The second-order valence-electron chi connectivity index (χ2n) is 5.41. The van der Waals surface area contributed by atoms with E-state index in [0.29, 0.717) is 6.42 Å². The van der Waals surface area contributed by atoms with E-state index in [2.05, 4.69) is 17.4 Å². The first-order valence-electron chi connectivity index (χ1n) is 7.25. The Labute approximate surface area is 115 Å². The van der Waals surface area contributed by atoms with Gasteiger partial charge < -0.3 is 10.4 Å². The molecule has 0 heterocycles. The van der Waals surface area contributed by atoms with Crippen LogP contribution in [0.1, 0.15) is 44.1 Å². The number of hydrogen-bond acceptors (Lipinski definition) is 2. The third kappa shape index (κ3) is 5.03. The molecule has 1 fully saturated rings. The molecule has 1 amide bonds. The number of nitrogens with one attached hydrogen (secondary N) is 1. The lowest BCUT2D eigenvalue weighted by Gasteiger charge is -2.26. The number of hydrogen-bond donors (Lipinski definition) is 2. The van der Waals surface area contributed by atoms with E-state index in [1.54, 1.807) is 0 Å². The van der Waals surface area contributed by atoms with Gasteiger partial charge in [-0.05, 0) is 44.1 Å². The standard InChI is InChI=1S/C16H23NO2/c18-15-11-9-14(10-12-15)17-16(19)8-4-7-13-5-2-1-3-6-13/h1-3,5-6,14-15,18H,4,7-12H2,(H,17,19). The van der Waals surface area contributed by atoms with Gasteiger partial charge >= 0.3 is 0 Å². The summed E-state index contributed by atoms with van der Waals surface area (Å²) >= 11 is 0. The van der Waals surface area contributed by atoms with Crippen LogP contribution in [0.4, 0.5) is 0 Å². The molecule has 3 nitrogen and oxygen atoms in total. The SMILES string of the molecule is O=C(CCCc1ccccc1)NC1CCC(O)CC1.